The highest BCUT2D eigenvalue weighted by Gasteiger charge is 2.30. The molecule has 142 valence electrons. The van der Waals surface area contributed by atoms with Crippen molar-refractivity contribution in [1.29, 1.82) is 0 Å². The maximum Gasteiger partial charge on any atom is 0.320 e. The van der Waals surface area contributed by atoms with E-state index in [4.69, 9.17) is 11.6 Å². The highest BCUT2D eigenvalue weighted by atomic mass is 35.5. The van der Waals surface area contributed by atoms with E-state index in [9.17, 15) is 9.59 Å². The number of halogens is 1. The molecule has 5 nitrogen and oxygen atoms in total. The fourth-order valence-corrected chi connectivity index (χ4v) is 3.91. The lowest BCUT2D eigenvalue weighted by Gasteiger charge is -2.23. The number of nitrogens with zero attached hydrogens (tertiary/aromatic N) is 2. The second-order valence-electron chi connectivity index (χ2n) is 7.36. The van der Waals surface area contributed by atoms with Crippen LogP contribution in [0.2, 0.25) is 5.02 Å². The first kappa shape index (κ1) is 19.0. The molecule has 26 heavy (non-hydrogen) atoms. The van der Waals surface area contributed by atoms with E-state index >= 15 is 0 Å². The van der Waals surface area contributed by atoms with Gasteiger partial charge in [0.1, 0.15) is 6.54 Å². The van der Waals surface area contributed by atoms with Gasteiger partial charge < -0.3 is 15.1 Å². The number of hydrogen-bond donors (Lipinski definition) is 1. The zero-order chi connectivity index (χ0) is 18.4. The second-order valence-corrected chi connectivity index (χ2v) is 7.80. The summed E-state index contributed by atoms with van der Waals surface area (Å²) in [5, 5.41) is 3.83. The summed E-state index contributed by atoms with van der Waals surface area (Å²) in [5.74, 6) is -0.0303. The van der Waals surface area contributed by atoms with Gasteiger partial charge in [0.05, 0.1) is 0 Å². The number of hydrogen-bond acceptors (Lipinski definition) is 2. The van der Waals surface area contributed by atoms with Crippen LogP contribution in [0.4, 0.5) is 4.79 Å². The highest BCUT2D eigenvalue weighted by molar-refractivity contribution is 6.30. The van der Waals surface area contributed by atoms with Crippen molar-refractivity contribution in [1.82, 2.24) is 15.1 Å². The standard InChI is InChI=1S/C20H28ClN3O2/c21-17-10-8-16(9-11-17)14-23-12-13-24(20(23)26)15-19(25)22-18-6-4-2-1-3-5-7-18/h8-11,18H,1-7,12-15H2,(H,22,25). The molecule has 1 heterocycles. The van der Waals surface area contributed by atoms with Crippen LogP contribution < -0.4 is 5.32 Å². The molecule has 1 saturated heterocycles. The van der Waals surface area contributed by atoms with E-state index in [2.05, 4.69) is 5.32 Å². The Morgan fingerprint density at radius 3 is 2.31 bits per heavy atom. The smallest absolute Gasteiger partial charge is 0.320 e. The first-order valence-corrected chi connectivity index (χ1v) is 10.1. The molecule has 1 N–H and O–H groups in total. The molecule has 6 heteroatoms. The van der Waals surface area contributed by atoms with E-state index in [1.807, 2.05) is 24.3 Å². The van der Waals surface area contributed by atoms with Crippen molar-refractivity contribution in [2.75, 3.05) is 19.6 Å². The Morgan fingerprint density at radius 1 is 1.00 bits per heavy atom. The molecule has 3 amide bonds. The molecule has 0 spiro atoms. The molecule has 2 fully saturated rings. The molecule has 0 aromatic heterocycles. The van der Waals surface area contributed by atoms with Crippen molar-refractivity contribution >= 4 is 23.5 Å². The molecular weight excluding hydrogens is 350 g/mol. The van der Waals surface area contributed by atoms with Crippen LogP contribution in [-0.4, -0.2) is 47.4 Å². The summed E-state index contributed by atoms with van der Waals surface area (Å²) >= 11 is 5.90. The normalized spacial score (nSPS) is 19.3. The minimum absolute atomic E-state index is 0.0303. The van der Waals surface area contributed by atoms with Crippen LogP contribution in [0, 0.1) is 0 Å². The molecule has 0 atom stereocenters. The van der Waals surface area contributed by atoms with Crippen molar-refractivity contribution in [3.05, 3.63) is 34.9 Å². The average molecular weight is 378 g/mol. The Labute approximate surface area is 160 Å². The van der Waals surface area contributed by atoms with Crippen molar-refractivity contribution in [3.63, 3.8) is 0 Å². The van der Waals surface area contributed by atoms with Gasteiger partial charge in [0.25, 0.3) is 0 Å². The van der Waals surface area contributed by atoms with Gasteiger partial charge in [-0.05, 0) is 30.5 Å². The van der Waals surface area contributed by atoms with Gasteiger partial charge in [-0.15, -0.1) is 0 Å². The molecule has 1 aliphatic heterocycles. The monoisotopic (exact) mass is 377 g/mol. The Balaban J connectivity index is 1.46. The third-order valence-electron chi connectivity index (χ3n) is 5.27. The van der Waals surface area contributed by atoms with E-state index in [0.717, 1.165) is 18.4 Å². The van der Waals surface area contributed by atoms with E-state index in [-0.39, 0.29) is 24.5 Å². The zero-order valence-electron chi connectivity index (χ0n) is 15.3. The third kappa shape index (κ3) is 5.37. The Kier molecular flexibility index (Phi) is 6.78. The van der Waals surface area contributed by atoms with Gasteiger partial charge in [0, 0.05) is 30.7 Å². The first-order valence-electron chi connectivity index (χ1n) is 9.69. The lowest BCUT2D eigenvalue weighted by Crippen LogP contribution is -2.43. The maximum atomic E-state index is 12.6. The topological polar surface area (TPSA) is 52.7 Å². The Hall–Kier alpha value is -1.75. The van der Waals surface area contributed by atoms with Crippen LogP contribution >= 0.6 is 11.6 Å². The SMILES string of the molecule is O=C(CN1CCN(Cc2ccc(Cl)cc2)C1=O)NC1CCCCCCC1. The number of carbonyl (C=O) groups is 2. The quantitative estimate of drug-likeness (QED) is 0.848. The molecule has 0 unspecified atom stereocenters. The second kappa shape index (κ2) is 9.26. The molecule has 1 aliphatic carbocycles. The summed E-state index contributed by atoms with van der Waals surface area (Å²) in [6.45, 7) is 1.96. The van der Waals surface area contributed by atoms with Crippen LogP contribution in [0.25, 0.3) is 0 Å². The molecule has 3 rings (SSSR count). The fourth-order valence-electron chi connectivity index (χ4n) is 3.78. The number of urea groups is 1. The minimum Gasteiger partial charge on any atom is -0.352 e. The predicted octanol–water partition coefficient (Wildman–Crippen LogP) is 3.81. The number of amides is 3. The van der Waals surface area contributed by atoms with Gasteiger partial charge >= 0.3 is 6.03 Å². The number of benzene rings is 1. The lowest BCUT2D eigenvalue weighted by molar-refractivity contribution is -0.122. The van der Waals surface area contributed by atoms with Gasteiger partial charge in [-0.25, -0.2) is 4.79 Å². The summed E-state index contributed by atoms with van der Waals surface area (Å²) in [5.41, 5.74) is 1.04. The largest absolute Gasteiger partial charge is 0.352 e. The van der Waals surface area contributed by atoms with E-state index in [1.54, 1.807) is 9.80 Å². The van der Waals surface area contributed by atoms with E-state index < -0.39 is 0 Å². The predicted molar refractivity (Wildman–Crippen MR) is 103 cm³/mol. The van der Waals surface area contributed by atoms with Crippen molar-refractivity contribution < 1.29 is 9.59 Å². The van der Waals surface area contributed by atoms with E-state index in [1.165, 1.54) is 32.1 Å². The third-order valence-corrected chi connectivity index (χ3v) is 5.52. The van der Waals surface area contributed by atoms with Crippen LogP contribution in [0.5, 0.6) is 0 Å². The average Bonchev–Trinajstić information content (AvgIpc) is 2.92. The lowest BCUT2D eigenvalue weighted by atomic mass is 9.97. The summed E-state index contributed by atoms with van der Waals surface area (Å²) in [7, 11) is 0. The fraction of sp³-hybridized carbons (Fsp3) is 0.600. The minimum atomic E-state index is -0.0623. The summed E-state index contributed by atoms with van der Waals surface area (Å²) in [6.07, 6.45) is 8.31. The first-order chi connectivity index (χ1) is 12.6. The zero-order valence-corrected chi connectivity index (χ0v) is 16.0. The summed E-state index contributed by atoms with van der Waals surface area (Å²) < 4.78 is 0. The highest BCUT2D eigenvalue weighted by Crippen LogP contribution is 2.18. The molecule has 1 saturated carbocycles. The summed E-state index contributed by atoms with van der Waals surface area (Å²) in [4.78, 5) is 28.4. The molecule has 2 aliphatic rings. The van der Waals surface area contributed by atoms with Crippen LogP contribution in [0.1, 0.15) is 50.5 Å². The van der Waals surface area contributed by atoms with Crippen LogP contribution in [0.3, 0.4) is 0 Å². The van der Waals surface area contributed by atoms with Crippen molar-refractivity contribution in [2.24, 2.45) is 0 Å². The van der Waals surface area contributed by atoms with Crippen LogP contribution in [0.15, 0.2) is 24.3 Å². The van der Waals surface area contributed by atoms with Gasteiger partial charge in [0.15, 0.2) is 0 Å². The van der Waals surface area contributed by atoms with Crippen LogP contribution in [-0.2, 0) is 11.3 Å². The Morgan fingerprint density at radius 2 is 1.62 bits per heavy atom. The molecule has 1 aromatic rings. The molecular formula is C20H28ClN3O2. The maximum absolute atomic E-state index is 12.6. The van der Waals surface area contributed by atoms with Gasteiger partial charge in [-0.3, -0.25) is 4.79 Å². The molecule has 0 radical (unpaired) electrons. The Bertz CT molecular complexity index is 612. The van der Waals surface area contributed by atoms with Gasteiger partial charge in [-0.1, -0.05) is 55.8 Å². The molecule has 1 aromatic carbocycles. The number of carbonyl (C=O) groups excluding carboxylic acids is 2. The number of rotatable bonds is 5. The van der Waals surface area contributed by atoms with E-state index in [0.29, 0.717) is 24.7 Å². The van der Waals surface area contributed by atoms with Crippen molar-refractivity contribution in [3.8, 4) is 0 Å². The molecule has 0 bridgehead atoms. The van der Waals surface area contributed by atoms with Gasteiger partial charge in [-0.2, -0.15) is 0 Å². The van der Waals surface area contributed by atoms with Gasteiger partial charge in [0.2, 0.25) is 5.91 Å². The number of nitrogens with one attached hydrogen (secondary N) is 1. The van der Waals surface area contributed by atoms with Crippen molar-refractivity contribution in [2.45, 2.75) is 57.5 Å². The summed E-state index contributed by atoms with van der Waals surface area (Å²) in [6, 6.07) is 7.73.